The highest BCUT2D eigenvalue weighted by atomic mass is 15.3. The molecule has 1 aromatic heterocycles. The number of nitrogens with one attached hydrogen (secondary N) is 1. The maximum Gasteiger partial charge on any atom is 0.151 e. The van der Waals surface area contributed by atoms with Gasteiger partial charge in [-0.2, -0.15) is 5.10 Å². The van der Waals surface area contributed by atoms with Crippen LogP contribution in [-0.4, -0.2) is 29.8 Å². The van der Waals surface area contributed by atoms with Crippen molar-refractivity contribution < 1.29 is 0 Å². The van der Waals surface area contributed by atoms with Crippen LogP contribution in [0.4, 0.5) is 5.82 Å². The third-order valence-electron chi connectivity index (χ3n) is 3.75. The van der Waals surface area contributed by atoms with Gasteiger partial charge in [0.15, 0.2) is 5.82 Å². The third-order valence-corrected chi connectivity index (χ3v) is 3.75. The van der Waals surface area contributed by atoms with Crippen LogP contribution in [0.15, 0.2) is 12.1 Å². The lowest BCUT2D eigenvalue weighted by Gasteiger charge is -2.16. The van der Waals surface area contributed by atoms with Gasteiger partial charge in [-0.3, -0.25) is 0 Å². The summed E-state index contributed by atoms with van der Waals surface area (Å²) in [6.45, 7) is 10.8. The van der Waals surface area contributed by atoms with E-state index in [1.807, 2.05) is 0 Å². The molecule has 4 heteroatoms. The zero-order valence-electron chi connectivity index (χ0n) is 11.7. The molecule has 2 atom stereocenters. The molecule has 2 heterocycles. The standard InChI is InChI=1S/C14H24N4/c1-4-7-15-8-13-5-6-14(17-16-13)18-9-11(2)12(3)10-18/h5-6,11-12,15H,4,7-10H2,1-3H3. The van der Waals surface area contributed by atoms with E-state index in [0.717, 1.165) is 55.9 Å². The molecule has 1 saturated heterocycles. The van der Waals surface area contributed by atoms with Crippen molar-refractivity contribution in [3.8, 4) is 0 Å². The Kier molecular flexibility index (Phi) is 4.53. The smallest absolute Gasteiger partial charge is 0.151 e. The molecule has 1 aliphatic rings. The molecule has 4 nitrogen and oxygen atoms in total. The second kappa shape index (κ2) is 6.14. The molecule has 2 rings (SSSR count). The van der Waals surface area contributed by atoms with Crippen LogP contribution in [-0.2, 0) is 6.54 Å². The SMILES string of the molecule is CCCNCc1ccc(N2CC(C)C(C)C2)nn1. The monoisotopic (exact) mass is 248 g/mol. The lowest BCUT2D eigenvalue weighted by molar-refractivity contribution is 0.494. The average molecular weight is 248 g/mol. The number of rotatable bonds is 5. The normalized spacial score (nSPS) is 23.6. The number of hydrogen-bond acceptors (Lipinski definition) is 4. The highest BCUT2D eigenvalue weighted by molar-refractivity contribution is 5.38. The summed E-state index contributed by atoms with van der Waals surface area (Å²) in [6.07, 6.45) is 1.15. The van der Waals surface area contributed by atoms with Crippen molar-refractivity contribution in [1.82, 2.24) is 15.5 Å². The van der Waals surface area contributed by atoms with Gasteiger partial charge >= 0.3 is 0 Å². The minimum atomic E-state index is 0.748. The van der Waals surface area contributed by atoms with E-state index in [1.54, 1.807) is 0 Å². The molecule has 0 amide bonds. The molecular weight excluding hydrogens is 224 g/mol. The molecule has 1 fully saturated rings. The summed E-state index contributed by atoms with van der Waals surface area (Å²) in [6, 6.07) is 4.18. The summed E-state index contributed by atoms with van der Waals surface area (Å²) in [5.74, 6) is 2.51. The van der Waals surface area contributed by atoms with E-state index in [4.69, 9.17) is 0 Å². The second-order valence-electron chi connectivity index (χ2n) is 5.42. The van der Waals surface area contributed by atoms with Gasteiger partial charge in [0.25, 0.3) is 0 Å². The number of anilines is 1. The summed E-state index contributed by atoms with van der Waals surface area (Å²) in [5, 5.41) is 12.0. The van der Waals surface area contributed by atoms with Crippen LogP contribution in [0.1, 0.15) is 32.9 Å². The summed E-state index contributed by atoms with van der Waals surface area (Å²) in [5.41, 5.74) is 1.02. The van der Waals surface area contributed by atoms with Crippen molar-refractivity contribution >= 4 is 5.82 Å². The molecule has 0 bridgehead atoms. The van der Waals surface area contributed by atoms with Gasteiger partial charge in [-0.05, 0) is 36.9 Å². The molecule has 0 aromatic carbocycles. The molecular formula is C14H24N4. The van der Waals surface area contributed by atoms with E-state index >= 15 is 0 Å². The Morgan fingerprint density at radius 2 is 1.94 bits per heavy atom. The maximum atomic E-state index is 4.34. The molecule has 1 aromatic rings. The van der Waals surface area contributed by atoms with E-state index in [9.17, 15) is 0 Å². The highest BCUT2D eigenvalue weighted by Gasteiger charge is 2.26. The third kappa shape index (κ3) is 3.19. The molecule has 0 radical (unpaired) electrons. The largest absolute Gasteiger partial charge is 0.355 e. The van der Waals surface area contributed by atoms with Crippen LogP contribution < -0.4 is 10.2 Å². The molecule has 0 saturated carbocycles. The van der Waals surface area contributed by atoms with Crippen molar-refractivity contribution in [3.05, 3.63) is 17.8 Å². The van der Waals surface area contributed by atoms with E-state index in [1.165, 1.54) is 0 Å². The van der Waals surface area contributed by atoms with Crippen LogP contribution in [0.25, 0.3) is 0 Å². The van der Waals surface area contributed by atoms with Gasteiger partial charge in [0, 0.05) is 19.6 Å². The fourth-order valence-corrected chi connectivity index (χ4v) is 2.33. The summed E-state index contributed by atoms with van der Waals surface area (Å²) < 4.78 is 0. The summed E-state index contributed by atoms with van der Waals surface area (Å²) >= 11 is 0. The van der Waals surface area contributed by atoms with Gasteiger partial charge in [-0.25, -0.2) is 0 Å². The van der Waals surface area contributed by atoms with E-state index in [2.05, 4.69) is 53.3 Å². The van der Waals surface area contributed by atoms with Crippen LogP contribution in [0, 0.1) is 11.8 Å². The maximum absolute atomic E-state index is 4.34. The lowest BCUT2D eigenvalue weighted by Crippen LogP contribution is -2.22. The Labute approximate surface area is 110 Å². The zero-order valence-corrected chi connectivity index (χ0v) is 11.7. The van der Waals surface area contributed by atoms with E-state index < -0.39 is 0 Å². The number of nitrogens with zero attached hydrogens (tertiary/aromatic N) is 3. The summed E-state index contributed by atoms with van der Waals surface area (Å²) in [4.78, 5) is 2.34. The van der Waals surface area contributed by atoms with Gasteiger partial charge in [-0.1, -0.05) is 20.8 Å². The lowest BCUT2D eigenvalue weighted by atomic mass is 10.0. The van der Waals surface area contributed by atoms with Gasteiger partial charge in [0.1, 0.15) is 0 Å². The minimum Gasteiger partial charge on any atom is -0.355 e. The Bertz CT molecular complexity index is 353. The number of aromatic nitrogens is 2. The van der Waals surface area contributed by atoms with E-state index in [0.29, 0.717) is 0 Å². The van der Waals surface area contributed by atoms with Crippen molar-refractivity contribution in [2.45, 2.75) is 33.7 Å². The molecule has 100 valence electrons. The molecule has 0 aliphatic carbocycles. The van der Waals surface area contributed by atoms with Gasteiger partial charge in [0.2, 0.25) is 0 Å². The van der Waals surface area contributed by atoms with Gasteiger partial charge in [0.05, 0.1) is 5.69 Å². The minimum absolute atomic E-state index is 0.748. The fourth-order valence-electron chi connectivity index (χ4n) is 2.33. The van der Waals surface area contributed by atoms with Crippen LogP contribution >= 0.6 is 0 Å². The fraction of sp³-hybridized carbons (Fsp3) is 0.714. The Balaban J connectivity index is 1.91. The van der Waals surface area contributed by atoms with Crippen molar-refractivity contribution in [3.63, 3.8) is 0 Å². The molecule has 1 aliphatic heterocycles. The predicted molar refractivity (Wildman–Crippen MR) is 74.6 cm³/mol. The first-order valence-electron chi connectivity index (χ1n) is 6.99. The zero-order chi connectivity index (χ0) is 13.0. The topological polar surface area (TPSA) is 41.0 Å². The first-order chi connectivity index (χ1) is 8.70. The van der Waals surface area contributed by atoms with Gasteiger partial charge < -0.3 is 10.2 Å². The van der Waals surface area contributed by atoms with Crippen LogP contribution in [0.2, 0.25) is 0 Å². The number of hydrogen-bond donors (Lipinski definition) is 1. The Hall–Kier alpha value is -1.16. The average Bonchev–Trinajstić information content (AvgIpc) is 2.71. The Morgan fingerprint density at radius 1 is 1.22 bits per heavy atom. The first kappa shape index (κ1) is 13.3. The molecule has 0 spiro atoms. The second-order valence-corrected chi connectivity index (χ2v) is 5.42. The molecule has 1 N–H and O–H groups in total. The van der Waals surface area contributed by atoms with Gasteiger partial charge in [-0.15, -0.1) is 5.10 Å². The Morgan fingerprint density at radius 3 is 2.50 bits per heavy atom. The summed E-state index contributed by atoms with van der Waals surface area (Å²) in [7, 11) is 0. The van der Waals surface area contributed by atoms with Crippen LogP contribution in [0.3, 0.4) is 0 Å². The van der Waals surface area contributed by atoms with E-state index in [-0.39, 0.29) is 0 Å². The highest BCUT2D eigenvalue weighted by Crippen LogP contribution is 2.25. The predicted octanol–water partition coefficient (Wildman–Crippen LogP) is 2.07. The molecule has 18 heavy (non-hydrogen) atoms. The van der Waals surface area contributed by atoms with Crippen LogP contribution in [0.5, 0.6) is 0 Å². The molecule has 2 unspecified atom stereocenters. The van der Waals surface area contributed by atoms with Crippen molar-refractivity contribution in [1.29, 1.82) is 0 Å². The van der Waals surface area contributed by atoms with Crippen molar-refractivity contribution in [2.24, 2.45) is 11.8 Å². The first-order valence-corrected chi connectivity index (χ1v) is 6.99. The van der Waals surface area contributed by atoms with Crippen molar-refractivity contribution in [2.75, 3.05) is 24.5 Å². The quantitative estimate of drug-likeness (QED) is 0.810.